The number of amides is 1. The molecular formula is C33H43FN4O3. The summed E-state index contributed by atoms with van der Waals surface area (Å²) < 4.78 is 25.7. The maximum Gasteiger partial charge on any atom is 0.407 e. The second-order valence-corrected chi connectivity index (χ2v) is 11.9. The third kappa shape index (κ3) is 6.85. The third-order valence-electron chi connectivity index (χ3n) is 9.65. The van der Waals surface area contributed by atoms with Crippen LogP contribution >= 0.6 is 0 Å². The van der Waals surface area contributed by atoms with Crippen molar-refractivity contribution in [3.63, 3.8) is 0 Å². The zero-order valence-electron chi connectivity index (χ0n) is 24.2. The lowest BCUT2D eigenvalue weighted by atomic mass is 9.57. The Morgan fingerprint density at radius 1 is 1.05 bits per heavy atom. The molecule has 1 aliphatic carbocycles. The van der Waals surface area contributed by atoms with Crippen LogP contribution in [0.4, 0.5) is 9.18 Å². The first-order valence-corrected chi connectivity index (χ1v) is 15.2. The highest BCUT2D eigenvalue weighted by Gasteiger charge is 2.53. The number of hydrogen-bond donors (Lipinski definition) is 1. The van der Waals surface area contributed by atoms with Gasteiger partial charge < -0.3 is 24.6 Å². The number of nitrogens with one attached hydrogen (secondary N) is 1. The average molecular weight is 563 g/mol. The minimum Gasteiger partial charge on any atom is -0.494 e. The highest BCUT2D eigenvalue weighted by Crippen LogP contribution is 2.51. The first-order chi connectivity index (χ1) is 20.0. The van der Waals surface area contributed by atoms with Crippen LogP contribution in [0.2, 0.25) is 0 Å². The second kappa shape index (κ2) is 13.7. The third-order valence-corrected chi connectivity index (χ3v) is 9.65. The number of alkyl carbamates (subject to hydrolysis) is 1. The minimum atomic E-state index is -0.378. The monoisotopic (exact) mass is 562 g/mol. The SMILES string of the molecule is COC(=O)N[C@H]1CCC[C@@H]1[C@](CN1CCC1)(c1cccc(F)c1)C1CCN(CCCOc2ccc(C#N)cc2)CC1. The van der Waals surface area contributed by atoms with Gasteiger partial charge in [0, 0.05) is 24.5 Å². The molecule has 0 unspecified atom stereocenters. The van der Waals surface area contributed by atoms with Gasteiger partial charge >= 0.3 is 6.09 Å². The molecule has 0 radical (unpaired) electrons. The Hall–Kier alpha value is -3.15. The molecule has 41 heavy (non-hydrogen) atoms. The molecule has 3 fully saturated rings. The Labute approximate surface area is 243 Å². The number of halogens is 1. The van der Waals surface area contributed by atoms with Crippen molar-refractivity contribution in [2.75, 3.05) is 53.0 Å². The molecule has 3 atom stereocenters. The molecule has 0 bridgehead atoms. The van der Waals surface area contributed by atoms with Crippen LogP contribution in [0.3, 0.4) is 0 Å². The zero-order valence-corrected chi connectivity index (χ0v) is 24.2. The summed E-state index contributed by atoms with van der Waals surface area (Å²) in [6.07, 6.45) is 6.84. The quantitative estimate of drug-likeness (QED) is 0.372. The Balaban J connectivity index is 1.29. The minimum absolute atomic E-state index is 0.0180. The number of carbonyl (C=O) groups excluding carboxylic acids is 1. The van der Waals surface area contributed by atoms with Crippen molar-refractivity contribution in [1.82, 2.24) is 15.1 Å². The lowest BCUT2D eigenvalue weighted by Crippen LogP contribution is -2.59. The molecule has 0 aromatic heterocycles. The highest BCUT2D eigenvalue weighted by molar-refractivity contribution is 5.67. The van der Waals surface area contributed by atoms with Crippen LogP contribution in [0.25, 0.3) is 0 Å². The van der Waals surface area contributed by atoms with Crippen molar-refractivity contribution in [2.24, 2.45) is 11.8 Å². The predicted octanol–water partition coefficient (Wildman–Crippen LogP) is 5.35. The number of ether oxygens (including phenoxy) is 2. The second-order valence-electron chi connectivity index (χ2n) is 11.9. The fourth-order valence-electron chi connectivity index (χ4n) is 7.51. The lowest BCUT2D eigenvalue weighted by Gasteiger charge is -2.53. The zero-order chi connectivity index (χ0) is 28.7. The number of benzene rings is 2. The van der Waals surface area contributed by atoms with Gasteiger partial charge in [0.2, 0.25) is 0 Å². The van der Waals surface area contributed by atoms with Gasteiger partial charge in [-0.1, -0.05) is 18.6 Å². The molecule has 2 saturated heterocycles. The number of hydrogen-bond acceptors (Lipinski definition) is 6. The van der Waals surface area contributed by atoms with E-state index < -0.39 is 0 Å². The molecule has 1 N–H and O–H groups in total. The predicted molar refractivity (Wildman–Crippen MR) is 156 cm³/mol. The van der Waals surface area contributed by atoms with Crippen LogP contribution in [0.5, 0.6) is 5.75 Å². The van der Waals surface area contributed by atoms with E-state index in [1.54, 1.807) is 24.3 Å². The normalized spacial score (nSPS) is 23.2. The van der Waals surface area contributed by atoms with Gasteiger partial charge in [-0.25, -0.2) is 9.18 Å². The smallest absolute Gasteiger partial charge is 0.407 e. The van der Waals surface area contributed by atoms with E-state index in [1.807, 2.05) is 18.2 Å². The van der Waals surface area contributed by atoms with Crippen molar-refractivity contribution in [3.05, 3.63) is 65.5 Å². The van der Waals surface area contributed by atoms with E-state index in [0.29, 0.717) is 18.1 Å². The van der Waals surface area contributed by atoms with Gasteiger partial charge in [-0.15, -0.1) is 0 Å². The van der Waals surface area contributed by atoms with Gasteiger partial charge in [-0.3, -0.25) is 0 Å². The molecule has 8 heteroatoms. The van der Waals surface area contributed by atoms with Gasteiger partial charge in [0.15, 0.2) is 0 Å². The average Bonchev–Trinajstić information content (AvgIpc) is 3.44. The number of likely N-dealkylation sites (tertiary alicyclic amines) is 2. The molecule has 220 valence electrons. The maximum atomic E-state index is 14.8. The summed E-state index contributed by atoms with van der Waals surface area (Å²) in [5.41, 5.74) is 1.48. The summed E-state index contributed by atoms with van der Waals surface area (Å²) in [5, 5.41) is 12.1. The first-order valence-electron chi connectivity index (χ1n) is 15.2. The van der Waals surface area contributed by atoms with E-state index in [-0.39, 0.29) is 29.3 Å². The van der Waals surface area contributed by atoms with Crippen LogP contribution in [-0.2, 0) is 10.2 Å². The molecule has 1 amide bonds. The van der Waals surface area contributed by atoms with E-state index in [1.165, 1.54) is 13.5 Å². The number of nitrogens with zero attached hydrogens (tertiary/aromatic N) is 3. The van der Waals surface area contributed by atoms with Gasteiger partial charge in [-0.2, -0.15) is 5.26 Å². The topological polar surface area (TPSA) is 77.8 Å². The number of carbonyl (C=O) groups is 1. The fourth-order valence-corrected chi connectivity index (χ4v) is 7.51. The van der Waals surface area contributed by atoms with Crippen molar-refractivity contribution in [2.45, 2.75) is 56.4 Å². The molecule has 3 aliphatic rings. The Bertz CT molecular complexity index is 1190. The summed E-state index contributed by atoms with van der Waals surface area (Å²) in [6.45, 7) is 6.67. The summed E-state index contributed by atoms with van der Waals surface area (Å²) in [6, 6.07) is 16.7. The van der Waals surface area contributed by atoms with Gasteiger partial charge in [-0.05, 0) is 119 Å². The van der Waals surface area contributed by atoms with Crippen molar-refractivity contribution >= 4 is 6.09 Å². The standard InChI is InChI=1S/C33H43FN4O3/c1-40-32(39)36-31-9-3-8-30(31)33(24-38-16-4-17-38,27-6-2-7-28(34)22-27)26-14-19-37(20-15-26)18-5-21-41-29-12-10-25(23-35)11-13-29/h2,6-7,10-13,22,26,30-31H,3-5,8-9,14-21,24H2,1H3,(H,36,39)/t30-,31-,33-/m0/s1. The molecule has 0 spiro atoms. The molecule has 2 aromatic carbocycles. The summed E-state index contributed by atoms with van der Waals surface area (Å²) in [7, 11) is 1.42. The fraction of sp³-hybridized carbons (Fsp3) is 0.576. The molecule has 2 heterocycles. The van der Waals surface area contributed by atoms with E-state index in [9.17, 15) is 9.18 Å². The van der Waals surface area contributed by atoms with Crippen LogP contribution < -0.4 is 10.1 Å². The van der Waals surface area contributed by atoms with E-state index >= 15 is 0 Å². The Kier molecular flexibility index (Phi) is 9.79. The molecule has 2 aromatic rings. The molecule has 2 aliphatic heterocycles. The summed E-state index contributed by atoms with van der Waals surface area (Å²) >= 11 is 0. The number of rotatable bonds is 11. The van der Waals surface area contributed by atoms with E-state index in [0.717, 1.165) is 89.1 Å². The Morgan fingerprint density at radius 2 is 1.83 bits per heavy atom. The summed E-state index contributed by atoms with van der Waals surface area (Å²) in [4.78, 5) is 17.4. The number of piperidine rings is 1. The molecule has 5 rings (SSSR count). The first kappa shape index (κ1) is 29.3. The van der Waals surface area contributed by atoms with Gasteiger partial charge in [0.1, 0.15) is 11.6 Å². The number of nitriles is 1. The van der Waals surface area contributed by atoms with Crippen LogP contribution in [-0.4, -0.2) is 74.9 Å². The van der Waals surface area contributed by atoms with Crippen LogP contribution in [0.15, 0.2) is 48.5 Å². The Morgan fingerprint density at radius 3 is 2.49 bits per heavy atom. The van der Waals surface area contributed by atoms with Crippen molar-refractivity contribution in [1.29, 1.82) is 5.26 Å². The summed E-state index contributed by atoms with van der Waals surface area (Å²) in [5.74, 6) is 1.22. The van der Waals surface area contributed by atoms with Crippen LogP contribution in [0, 0.1) is 29.0 Å². The molecule has 7 nitrogen and oxygen atoms in total. The lowest BCUT2D eigenvalue weighted by molar-refractivity contribution is 0.0248. The van der Waals surface area contributed by atoms with Gasteiger partial charge in [0.05, 0.1) is 25.3 Å². The molecule has 1 saturated carbocycles. The van der Waals surface area contributed by atoms with Crippen molar-refractivity contribution < 1.29 is 18.7 Å². The van der Waals surface area contributed by atoms with Crippen LogP contribution in [0.1, 0.15) is 56.1 Å². The van der Waals surface area contributed by atoms with Gasteiger partial charge in [0.25, 0.3) is 0 Å². The van der Waals surface area contributed by atoms with E-state index in [4.69, 9.17) is 14.7 Å². The maximum absolute atomic E-state index is 14.8. The van der Waals surface area contributed by atoms with Crippen molar-refractivity contribution in [3.8, 4) is 11.8 Å². The number of methoxy groups -OCH3 is 1. The highest BCUT2D eigenvalue weighted by atomic mass is 19.1. The van der Waals surface area contributed by atoms with E-state index in [2.05, 4.69) is 27.3 Å². The molecular weight excluding hydrogens is 519 g/mol. The largest absolute Gasteiger partial charge is 0.494 e.